The van der Waals surface area contributed by atoms with Gasteiger partial charge in [-0.2, -0.15) is 0 Å². The lowest BCUT2D eigenvalue weighted by atomic mass is 10.1. The van der Waals surface area contributed by atoms with Crippen molar-refractivity contribution in [3.05, 3.63) is 26.6 Å². The zero-order chi connectivity index (χ0) is 10.7. The number of aldehydes is 1. The first-order chi connectivity index (χ1) is 6.54. The maximum absolute atomic E-state index is 10.3. The third kappa shape index (κ3) is 2.80. The lowest BCUT2D eigenvalue weighted by Crippen LogP contribution is -2.24. The molecule has 1 rings (SSSR count). The molecule has 0 heterocycles. The lowest BCUT2D eigenvalue weighted by molar-refractivity contribution is -0.108. The predicted octanol–water partition coefficient (Wildman–Crippen LogP) is 1.99. The number of rotatable bonds is 3. The predicted molar refractivity (Wildman–Crippen MR) is 61.3 cm³/mol. The minimum absolute atomic E-state index is 0.147. The number of carbonyl (C=O) groups excluding carboxylic acids is 1. The van der Waals surface area contributed by atoms with Crippen LogP contribution < -0.4 is 5.73 Å². The van der Waals surface area contributed by atoms with Gasteiger partial charge in [-0.1, -0.05) is 0 Å². The van der Waals surface area contributed by atoms with E-state index >= 15 is 0 Å². The third-order valence-electron chi connectivity index (χ3n) is 1.72. The first-order valence-electron chi connectivity index (χ1n) is 3.92. The molecule has 3 nitrogen and oxygen atoms in total. The summed E-state index contributed by atoms with van der Waals surface area (Å²) >= 11 is 6.40. The van der Waals surface area contributed by atoms with E-state index in [1.54, 1.807) is 12.1 Å². The number of hydrogen-bond donors (Lipinski definition) is 2. The van der Waals surface area contributed by atoms with E-state index in [2.05, 4.69) is 31.9 Å². The second-order valence-corrected chi connectivity index (χ2v) is 4.62. The fourth-order valence-corrected chi connectivity index (χ4v) is 2.34. The number of halogens is 2. The summed E-state index contributed by atoms with van der Waals surface area (Å²) < 4.78 is 1.17. The molecule has 5 heteroatoms. The summed E-state index contributed by atoms with van der Waals surface area (Å²) in [5, 5.41) is 9.43. The molecule has 0 aromatic heterocycles. The van der Waals surface area contributed by atoms with Gasteiger partial charge < -0.3 is 15.6 Å². The van der Waals surface area contributed by atoms with Crippen LogP contribution in [0.3, 0.4) is 0 Å². The van der Waals surface area contributed by atoms with Gasteiger partial charge in [0.25, 0.3) is 0 Å². The highest BCUT2D eigenvalue weighted by Crippen LogP contribution is 2.33. The highest BCUT2D eigenvalue weighted by molar-refractivity contribution is 9.11. The summed E-state index contributed by atoms with van der Waals surface area (Å²) in [5.74, 6) is 0.147. The minimum Gasteiger partial charge on any atom is -0.506 e. The smallest absolute Gasteiger partial charge is 0.143 e. The molecule has 0 aliphatic carbocycles. The Morgan fingerprint density at radius 1 is 1.43 bits per heavy atom. The van der Waals surface area contributed by atoms with Crippen LogP contribution in [0.5, 0.6) is 5.75 Å². The number of phenolic OH excluding ortho intramolecular Hbond substituents is 1. The van der Waals surface area contributed by atoms with Crippen LogP contribution in [0, 0.1) is 0 Å². The largest absolute Gasteiger partial charge is 0.506 e. The fourth-order valence-electron chi connectivity index (χ4n) is 1.06. The van der Waals surface area contributed by atoms with Gasteiger partial charge in [-0.15, -0.1) is 0 Å². The molecule has 14 heavy (non-hydrogen) atoms. The number of carbonyl (C=O) groups is 1. The maximum atomic E-state index is 10.3. The highest BCUT2D eigenvalue weighted by Gasteiger charge is 2.08. The van der Waals surface area contributed by atoms with Gasteiger partial charge >= 0.3 is 0 Å². The Kier molecular flexibility index (Phi) is 4.10. The van der Waals surface area contributed by atoms with Crippen molar-refractivity contribution in [3.63, 3.8) is 0 Å². The molecule has 1 aromatic rings. The van der Waals surface area contributed by atoms with Crippen LogP contribution in [0.2, 0.25) is 0 Å². The van der Waals surface area contributed by atoms with Crippen LogP contribution in [0.15, 0.2) is 21.1 Å². The van der Waals surface area contributed by atoms with Crippen LogP contribution >= 0.6 is 31.9 Å². The molecule has 1 atom stereocenters. The molecule has 1 unspecified atom stereocenters. The average Bonchev–Trinajstić information content (AvgIpc) is 2.14. The van der Waals surface area contributed by atoms with E-state index in [0.717, 1.165) is 5.56 Å². The number of aromatic hydroxyl groups is 1. The summed E-state index contributed by atoms with van der Waals surface area (Å²) in [5.41, 5.74) is 6.37. The van der Waals surface area contributed by atoms with E-state index in [1.165, 1.54) is 0 Å². The highest BCUT2D eigenvalue weighted by atomic mass is 79.9. The molecule has 0 amide bonds. The molecule has 0 fully saturated rings. The number of nitrogens with two attached hydrogens (primary N) is 1. The summed E-state index contributed by atoms with van der Waals surface area (Å²) in [4.78, 5) is 10.3. The van der Waals surface area contributed by atoms with E-state index in [0.29, 0.717) is 21.7 Å². The molecule has 0 aliphatic heterocycles. The Morgan fingerprint density at radius 3 is 2.36 bits per heavy atom. The van der Waals surface area contributed by atoms with Crippen molar-refractivity contribution in [2.24, 2.45) is 5.73 Å². The Bertz CT molecular complexity index is 332. The normalized spacial score (nSPS) is 12.5. The van der Waals surface area contributed by atoms with Crippen molar-refractivity contribution in [2.45, 2.75) is 12.5 Å². The fraction of sp³-hybridized carbons (Fsp3) is 0.222. The van der Waals surface area contributed by atoms with Crippen molar-refractivity contribution in [2.75, 3.05) is 0 Å². The lowest BCUT2D eigenvalue weighted by Gasteiger charge is -2.07. The second-order valence-electron chi connectivity index (χ2n) is 2.91. The van der Waals surface area contributed by atoms with Crippen LogP contribution in [0.25, 0.3) is 0 Å². The molecule has 0 saturated heterocycles. The molecule has 1 aromatic carbocycles. The molecule has 76 valence electrons. The quantitative estimate of drug-likeness (QED) is 0.836. The average molecular weight is 323 g/mol. The number of hydrogen-bond acceptors (Lipinski definition) is 3. The summed E-state index contributed by atoms with van der Waals surface area (Å²) in [7, 11) is 0. The Morgan fingerprint density at radius 2 is 1.93 bits per heavy atom. The topological polar surface area (TPSA) is 63.3 Å². The molecule has 0 saturated carbocycles. The zero-order valence-corrected chi connectivity index (χ0v) is 10.4. The van der Waals surface area contributed by atoms with E-state index in [4.69, 9.17) is 5.73 Å². The van der Waals surface area contributed by atoms with Crippen molar-refractivity contribution >= 4 is 38.1 Å². The molecular formula is C9H9Br2NO2. The summed E-state index contributed by atoms with van der Waals surface area (Å²) in [6, 6.07) is 2.98. The van der Waals surface area contributed by atoms with Gasteiger partial charge in [0.2, 0.25) is 0 Å². The van der Waals surface area contributed by atoms with Gasteiger partial charge in [0.15, 0.2) is 0 Å². The van der Waals surface area contributed by atoms with Gasteiger partial charge in [-0.05, 0) is 56.0 Å². The van der Waals surface area contributed by atoms with E-state index in [-0.39, 0.29) is 5.75 Å². The SMILES string of the molecule is NC(C=O)Cc1cc(Br)c(O)c(Br)c1. The molecule has 0 aliphatic rings. The van der Waals surface area contributed by atoms with E-state index < -0.39 is 6.04 Å². The molecule has 0 spiro atoms. The first kappa shape index (κ1) is 11.7. The van der Waals surface area contributed by atoms with Crippen molar-refractivity contribution in [1.29, 1.82) is 0 Å². The minimum atomic E-state index is -0.502. The standard InChI is InChI=1S/C9H9Br2NO2/c10-7-2-5(1-6(12)4-13)3-8(11)9(7)14/h2-4,6,14H,1,12H2. The summed E-state index contributed by atoms with van der Waals surface area (Å²) in [6.45, 7) is 0. The van der Waals surface area contributed by atoms with Crippen LogP contribution in [-0.4, -0.2) is 17.4 Å². The van der Waals surface area contributed by atoms with Gasteiger partial charge in [-0.25, -0.2) is 0 Å². The van der Waals surface area contributed by atoms with Gasteiger partial charge in [-0.3, -0.25) is 0 Å². The van der Waals surface area contributed by atoms with Crippen molar-refractivity contribution < 1.29 is 9.90 Å². The maximum Gasteiger partial charge on any atom is 0.143 e. The molecule has 0 radical (unpaired) electrons. The zero-order valence-electron chi connectivity index (χ0n) is 7.21. The third-order valence-corrected chi connectivity index (χ3v) is 2.93. The van der Waals surface area contributed by atoms with Crippen LogP contribution in [0.4, 0.5) is 0 Å². The Labute approximate surface area is 98.6 Å². The monoisotopic (exact) mass is 321 g/mol. The van der Waals surface area contributed by atoms with Crippen LogP contribution in [0.1, 0.15) is 5.56 Å². The summed E-state index contributed by atoms with van der Waals surface area (Å²) in [6.07, 6.45) is 1.16. The Balaban J connectivity index is 2.95. The first-order valence-corrected chi connectivity index (χ1v) is 5.51. The van der Waals surface area contributed by atoms with E-state index in [9.17, 15) is 9.90 Å². The van der Waals surface area contributed by atoms with Gasteiger partial charge in [0, 0.05) is 0 Å². The van der Waals surface area contributed by atoms with E-state index in [1.807, 2.05) is 0 Å². The Hall–Kier alpha value is -0.390. The molecule has 3 N–H and O–H groups in total. The number of phenols is 1. The van der Waals surface area contributed by atoms with Crippen molar-refractivity contribution in [3.8, 4) is 5.75 Å². The number of benzene rings is 1. The van der Waals surface area contributed by atoms with Gasteiger partial charge in [0.1, 0.15) is 12.0 Å². The molecule has 0 bridgehead atoms. The van der Waals surface area contributed by atoms with Crippen molar-refractivity contribution in [1.82, 2.24) is 0 Å². The van der Waals surface area contributed by atoms with Crippen LogP contribution in [-0.2, 0) is 11.2 Å². The molecular weight excluding hydrogens is 314 g/mol. The second kappa shape index (κ2) is 4.91. The van der Waals surface area contributed by atoms with Gasteiger partial charge in [0.05, 0.1) is 15.0 Å².